The van der Waals surface area contributed by atoms with E-state index in [-0.39, 0.29) is 40.8 Å². The Kier molecular flexibility index (Phi) is 5.62. The van der Waals surface area contributed by atoms with Crippen LogP contribution in [0.1, 0.15) is 30.6 Å². The molecule has 0 saturated heterocycles. The number of aromatic amines is 2. The molecule has 0 aliphatic carbocycles. The zero-order chi connectivity index (χ0) is 16.1. The lowest BCUT2D eigenvalue weighted by Crippen LogP contribution is -2.28. The van der Waals surface area contributed by atoms with Gasteiger partial charge in [-0.1, -0.05) is 34.1 Å². The third-order valence-corrected chi connectivity index (χ3v) is 4.04. The van der Waals surface area contributed by atoms with E-state index in [2.05, 4.69) is 36.4 Å². The summed E-state index contributed by atoms with van der Waals surface area (Å²) in [6.45, 7) is 1.91. The van der Waals surface area contributed by atoms with E-state index in [4.69, 9.17) is 12.2 Å². The predicted octanol–water partition coefficient (Wildman–Crippen LogP) is 2.40. The van der Waals surface area contributed by atoms with Crippen LogP contribution in [0.4, 0.5) is 0 Å². The van der Waals surface area contributed by atoms with Gasteiger partial charge in [0.1, 0.15) is 5.69 Å². The lowest BCUT2D eigenvalue weighted by atomic mass is 10.1. The molecule has 0 saturated carbocycles. The standard InChI is InChI=1S/C14H15BrN4O2S/c1-8(9-4-2-3-5-10(9)15)16-12(20)7-6-11-13(21)17-14(22)19-18-11/h2-5,8H,6-7H2,1H3,(H,16,20)(H2,17,19,21,22). The van der Waals surface area contributed by atoms with E-state index in [1.165, 1.54) is 0 Å². The zero-order valence-electron chi connectivity index (χ0n) is 11.9. The Bertz CT molecular complexity index is 787. The van der Waals surface area contributed by atoms with Gasteiger partial charge in [0.05, 0.1) is 6.04 Å². The number of carbonyl (C=O) groups is 1. The van der Waals surface area contributed by atoms with Gasteiger partial charge in [-0.25, -0.2) is 0 Å². The Labute approximate surface area is 140 Å². The topological polar surface area (TPSA) is 90.6 Å². The minimum absolute atomic E-state index is 0.129. The third kappa shape index (κ3) is 4.35. The highest BCUT2D eigenvalue weighted by molar-refractivity contribution is 9.10. The molecule has 0 aliphatic heterocycles. The number of nitrogens with one attached hydrogen (secondary N) is 3. The number of nitrogens with zero attached hydrogens (tertiary/aromatic N) is 1. The van der Waals surface area contributed by atoms with E-state index >= 15 is 0 Å². The molecule has 22 heavy (non-hydrogen) atoms. The second-order valence-corrected chi connectivity index (χ2v) is 6.03. The van der Waals surface area contributed by atoms with Crippen LogP contribution in [-0.4, -0.2) is 21.1 Å². The van der Waals surface area contributed by atoms with Gasteiger partial charge in [0, 0.05) is 17.3 Å². The summed E-state index contributed by atoms with van der Waals surface area (Å²) in [6, 6.07) is 7.57. The van der Waals surface area contributed by atoms with Crippen LogP contribution in [0.15, 0.2) is 33.5 Å². The van der Waals surface area contributed by atoms with Gasteiger partial charge in [-0.3, -0.25) is 19.7 Å². The SMILES string of the molecule is CC(NC(=O)CCc1n[nH]c(=S)[nH]c1=O)c1ccccc1Br. The molecule has 1 amide bonds. The largest absolute Gasteiger partial charge is 0.350 e. The van der Waals surface area contributed by atoms with Crippen molar-refractivity contribution in [3.63, 3.8) is 0 Å². The summed E-state index contributed by atoms with van der Waals surface area (Å²) in [4.78, 5) is 26.0. The summed E-state index contributed by atoms with van der Waals surface area (Å²) in [5, 5.41) is 9.25. The Balaban J connectivity index is 1.94. The highest BCUT2D eigenvalue weighted by Crippen LogP contribution is 2.22. The van der Waals surface area contributed by atoms with Crippen molar-refractivity contribution >= 4 is 34.1 Å². The van der Waals surface area contributed by atoms with Crippen LogP contribution < -0.4 is 10.9 Å². The maximum absolute atomic E-state index is 12.0. The average molecular weight is 383 g/mol. The Morgan fingerprint density at radius 3 is 2.86 bits per heavy atom. The predicted molar refractivity (Wildman–Crippen MR) is 89.1 cm³/mol. The minimum Gasteiger partial charge on any atom is -0.350 e. The van der Waals surface area contributed by atoms with Gasteiger partial charge < -0.3 is 5.32 Å². The van der Waals surface area contributed by atoms with Crippen molar-refractivity contribution in [2.45, 2.75) is 25.8 Å². The molecular formula is C14H15BrN4O2S. The number of carbonyl (C=O) groups excluding carboxylic acids is 1. The molecule has 1 heterocycles. The second-order valence-electron chi connectivity index (χ2n) is 4.76. The smallest absolute Gasteiger partial charge is 0.273 e. The maximum atomic E-state index is 12.0. The molecule has 1 aromatic heterocycles. The van der Waals surface area contributed by atoms with Gasteiger partial charge in [-0.05, 0) is 30.8 Å². The number of aromatic nitrogens is 3. The first kappa shape index (κ1) is 16.6. The number of benzene rings is 1. The number of hydrogen-bond acceptors (Lipinski definition) is 4. The van der Waals surface area contributed by atoms with Crippen LogP contribution in [0.25, 0.3) is 0 Å². The normalized spacial score (nSPS) is 11.9. The summed E-state index contributed by atoms with van der Waals surface area (Å²) in [5.41, 5.74) is 0.892. The van der Waals surface area contributed by atoms with Gasteiger partial charge in [0.2, 0.25) is 5.91 Å². The quantitative estimate of drug-likeness (QED) is 0.692. The highest BCUT2D eigenvalue weighted by Gasteiger charge is 2.13. The number of aryl methyl sites for hydroxylation is 1. The van der Waals surface area contributed by atoms with E-state index in [0.29, 0.717) is 0 Å². The van der Waals surface area contributed by atoms with Gasteiger partial charge in [0.25, 0.3) is 5.56 Å². The average Bonchev–Trinajstić information content (AvgIpc) is 2.46. The van der Waals surface area contributed by atoms with Crippen LogP contribution in [0.2, 0.25) is 0 Å². The Hall–Kier alpha value is -1.80. The fourth-order valence-corrected chi connectivity index (χ4v) is 2.76. The van der Waals surface area contributed by atoms with Crippen LogP contribution in [0, 0.1) is 4.77 Å². The van der Waals surface area contributed by atoms with Crippen molar-refractivity contribution in [3.8, 4) is 0 Å². The molecule has 6 nitrogen and oxygen atoms in total. The maximum Gasteiger partial charge on any atom is 0.273 e. The van der Waals surface area contributed by atoms with Gasteiger partial charge in [-0.2, -0.15) is 5.10 Å². The molecule has 2 aromatic rings. The van der Waals surface area contributed by atoms with Crippen molar-refractivity contribution < 1.29 is 4.79 Å². The van der Waals surface area contributed by atoms with Gasteiger partial charge in [0.15, 0.2) is 4.77 Å². The molecule has 0 spiro atoms. The van der Waals surface area contributed by atoms with Gasteiger partial charge in [-0.15, -0.1) is 0 Å². The fourth-order valence-electron chi connectivity index (χ4n) is 1.99. The summed E-state index contributed by atoms with van der Waals surface area (Å²) in [6.07, 6.45) is 0.422. The number of amides is 1. The summed E-state index contributed by atoms with van der Waals surface area (Å²) >= 11 is 8.22. The summed E-state index contributed by atoms with van der Waals surface area (Å²) in [5.74, 6) is -0.146. The van der Waals surface area contributed by atoms with Crippen LogP contribution in [0.5, 0.6) is 0 Å². The third-order valence-electron chi connectivity index (χ3n) is 3.12. The van der Waals surface area contributed by atoms with Crippen molar-refractivity contribution in [1.82, 2.24) is 20.5 Å². The van der Waals surface area contributed by atoms with E-state index in [0.717, 1.165) is 10.0 Å². The molecule has 116 valence electrons. The van der Waals surface area contributed by atoms with E-state index in [1.54, 1.807) is 0 Å². The number of H-pyrrole nitrogens is 2. The Morgan fingerprint density at radius 2 is 2.18 bits per heavy atom. The zero-order valence-corrected chi connectivity index (χ0v) is 14.3. The molecule has 1 aromatic carbocycles. The molecule has 3 N–H and O–H groups in total. The molecule has 1 unspecified atom stereocenters. The fraction of sp³-hybridized carbons (Fsp3) is 0.286. The molecule has 0 radical (unpaired) electrons. The first-order valence-electron chi connectivity index (χ1n) is 6.69. The van der Waals surface area contributed by atoms with Crippen molar-refractivity contribution in [2.24, 2.45) is 0 Å². The molecule has 0 fully saturated rings. The number of hydrogen-bond donors (Lipinski definition) is 3. The lowest BCUT2D eigenvalue weighted by molar-refractivity contribution is -0.121. The van der Waals surface area contributed by atoms with E-state index < -0.39 is 0 Å². The first-order valence-corrected chi connectivity index (χ1v) is 7.89. The summed E-state index contributed by atoms with van der Waals surface area (Å²) in [7, 11) is 0. The van der Waals surface area contributed by atoms with Crippen molar-refractivity contribution in [1.29, 1.82) is 0 Å². The lowest BCUT2D eigenvalue weighted by Gasteiger charge is -2.15. The Morgan fingerprint density at radius 1 is 1.45 bits per heavy atom. The molecule has 2 rings (SSSR count). The summed E-state index contributed by atoms with van der Waals surface area (Å²) < 4.78 is 1.11. The van der Waals surface area contributed by atoms with Gasteiger partial charge >= 0.3 is 0 Å². The van der Waals surface area contributed by atoms with Crippen molar-refractivity contribution in [3.05, 3.63) is 55.1 Å². The number of rotatable bonds is 5. The van der Waals surface area contributed by atoms with E-state index in [1.807, 2.05) is 31.2 Å². The van der Waals surface area contributed by atoms with E-state index in [9.17, 15) is 9.59 Å². The molecule has 0 bridgehead atoms. The molecule has 1 atom stereocenters. The number of halogens is 1. The van der Waals surface area contributed by atoms with Crippen LogP contribution in [-0.2, 0) is 11.2 Å². The second kappa shape index (κ2) is 7.46. The highest BCUT2D eigenvalue weighted by atomic mass is 79.9. The molecule has 8 heteroatoms. The molecule has 0 aliphatic rings. The van der Waals surface area contributed by atoms with Crippen molar-refractivity contribution in [2.75, 3.05) is 0 Å². The minimum atomic E-state index is -0.365. The first-order chi connectivity index (χ1) is 10.5. The molecular weight excluding hydrogens is 368 g/mol. The van der Waals surface area contributed by atoms with Crippen LogP contribution in [0.3, 0.4) is 0 Å². The monoisotopic (exact) mass is 382 g/mol. The van der Waals surface area contributed by atoms with Crippen LogP contribution >= 0.6 is 28.1 Å².